The van der Waals surface area contributed by atoms with Crippen LogP contribution in [0.15, 0.2) is 41.6 Å². The van der Waals surface area contributed by atoms with E-state index in [4.69, 9.17) is 0 Å². The number of hydrogen-bond acceptors (Lipinski definition) is 1. The molecule has 0 atom stereocenters. The summed E-state index contributed by atoms with van der Waals surface area (Å²) < 4.78 is 12.4. The molecule has 1 aliphatic carbocycles. The Morgan fingerprint density at radius 3 is 3.00 bits per heavy atom. The minimum atomic E-state index is -0.252. The summed E-state index contributed by atoms with van der Waals surface area (Å²) in [5.41, 5.74) is 3.62. The molecule has 0 saturated heterocycles. The van der Waals surface area contributed by atoms with Crippen LogP contribution in [-0.2, 0) is 0 Å². The van der Waals surface area contributed by atoms with Gasteiger partial charge >= 0.3 is 0 Å². The van der Waals surface area contributed by atoms with Crippen LogP contribution in [-0.4, -0.2) is 7.05 Å². The van der Waals surface area contributed by atoms with Gasteiger partial charge in [0.2, 0.25) is 0 Å². The van der Waals surface area contributed by atoms with Crippen molar-refractivity contribution in [2.24, 2.45) is 0 Å². The molecule has 1 aliphatic rings. The Kier molecular flexibility index (Phi) is 2.08. The van der Waals surface area contributed by atoms with Crippen molar-refractivity contribution >= 4 is 0 Å². The molecule has 0 fully saturated rings. The van der Waals surface area contributed by atoms with E-state index in [0.29, 0.717) is 0 Å². The molecule has 0 aromatic rings. The molecule has 10 heavy (non-hydrogen) atoms. The first kappa shape index (κ1) is 6.84. The average Bonchev–Trinajstić information content (AvgIpc) is 2.14. The van der Waals surface area contributed by atoms with Crippen LogP contribution in [0.5, 0.6) is 0 Å². The van der Waals surface area contributed by atoms with E-state index in [9.17, 15) is 4.39 Å². The number of rotatable bonds is 1. The van der Waals surface area contributed by atoms with E-state index >= 15 is 0 Å². The molecule has 0 amide bonds. The Hall–Kier alpha value is -1.27. The van der Waals surface area contributed by atoms with E-state index in [2.05, 4.69) is 11.0 Å². The number of nitrogens with one attached hydrogen (secondary N) is 1. The molecule has 0 aromatic heterocycles. The molecule has 0 spiro atoms. The lowest BCUT2D eigenvalue weighted by atomic mass is 10.4. The zero-order valence-electron chi connectivity index (χ0n) is 5.69. The predicted molar refractivity (Wildman–Crippen MR) is 39.0 cm³/mol. The van der Waals surface area contributed by atoms with Crippen molar-refractivity contribution in [3.63, 3.8) is 0 Å². The Morgan fingerprint density at radius 1 is 1.50 bits per heavy atom. The minimum absolute atomic E-state index is 0.252. The highest BCUT2D eigenvalue weighted by Gasteiger charge is 1.89. The van der Waals surface area contributed by atoms with Crippen molar-refractivity contribution in [2.75, 3.05) is 7.05 Å². The molecule has 0 aromatic carbocycles. The fourth-order valence-corrected chi connectivity index (χ4v) is 0.633. The quantitative estimate of drug-likeness (QED) is 0.542. The summed E-state index contributed by atoms with van der Waals surface area (Å²) in [4.78, 5) is 0. The van der Waals surface area contributed by atoms with Gasteiger partial charge in [-0.05, 0) is 24.3 Å². The van der Waals surface area contributed by atoms with Crippen LogP contribution in [0.3, 0.4) is 0 Å². The van der Waals surface area contributed by atoms with Gasteiger partial charge < -0.3 is 5.32 Å². The zero-order chi connectivity index (χ0) is 7.40. The first-order valence-electron chi connectivity index (χ1n) is 3.01. The number of likely N-dealkylation sites (N-methyl/N-ethyl adjacent to an activating group) is 1. The molecule has 0 bridgehead atoms. The lowest BCUT2D eigenvalue weighted by Crippen LogP contribution is -2.00. The molecular formula is C8H8FN. The van der Waals surface area contributed by atoms with Gasteiger partial charge in [-0.15, -0.1) is 0 Å². The fourth-order valence-electron chi connectivity index (χ4n) is 0.633. The van der Waals surface area contributed by atoms with E-state index in [1.54, 1.807) is 19.2 Å². The maximum Gasteiger partial charge on any atom is 0.123 e. The third kappa shape index (κ3) is 1.61. The van der Waals surface area contributed by atoms with Crippen molar-refractivity contribution in [3.8, 4) is 0 Å². The molecule has 2 heteroatoms. The molecule has 0 heterocycles. The van der Waals surface area contributed by atoms with Gasteiger partial charge in [0, 0.05) is 7.05 Å². The Bertz CT molecular complexity index is 242. The smallest absolute Gasteiger partial charge is 0.123 e. The summed E-state index contributed by atoms with van der Waals surface area (Å²) in [6, 6.07) is 0. The Labute approximate surface area is 59.2 Å². The first-order chi connectivity index (χ1) is 4.83. The third-order valence-electron chi connectivity index (χ3n) is 1.16. The molecule has 1 rings (SSSR count). The summed E-state index contributed by atoms with van der Waals surface area (Å²) in [7, 11) is 1.77. The van der Waals surface area contributed by atoms with Crippen LogP contribution in [0.4, 0.5) is 4.39 Å². The van der Waals surface area contributed by atoms with Crippen LogP contribution >= 0.6 is 0 Å². The molecule has 1 N–H and O–H groups in total. The molecule has 1 nitrogen and oxygen atoms in total. The largest absolute Gasteiger partial charge is 0.382 e. The van der Waals surface area contributed by atoms with Gasteiger partial charge in [-0.25, -0.2) is 4.39 Å². The first-order valence-corrected chi connectivity index (χ1v) is 3.01. The molecule has 0 saturated carbocycles. The second kappa shape index (κ2) is 3.04. The van der Waals surface area contributed by atoms with Crippen LogP contribution in [0.25, 0.3) is 0 Å². The van der Waals surface area contributed by atoms with Crippen LogP contribution in [0.2, 0.25) is 0 Å². The van der Waals surface area contributed by atoms with Gasteiger partial charge in [0.25, 0.3) is 0 Å². The van der Waals surface area contributed by atoms with Gasteiger partial charge in [0.05, 0.1) is 5.70 Å². The van der Waals surface area contributed by atoms with Gasteiger partial charge in [0.1, 0.15) is 5.83 Å². The van der Waals surface area contributed by atoms with Crippen molar-refractivity contribution < 1.29 is 4.39 Å². The third-order valence-corrected chi connectivity index (χ3v) is 1.16. The Morgan fingerprint density at radius 2 is 2.30 bits per heavy atom. The van der Waals surface area contributed by atoms with Crippen LogP contribution in [0.1, 0.15) is 0 Å². The predicted octanol–water partition coefficient (Wildman–Crippen LogP) is 1.67. The highest BCUT2D eigenvalue weighted by molar-refractivity contribution is 5.29. The topological polar surface area (TPSA) is 12.0 Å². The maximum atomic E-state index is 12.4. The fraction of sp³-hybridized carbons (Fsp3) is 0.125. The van der Waals surface area contributed by atoms with Gasteiger partial charge in [-0.1, -0.05) is 5.73 Å². The standard InChI is InChI=1S/C8H8FN/c1-10-8-4-2-3-7(9)5-6-8/h2-3,5-6,10H,1H3. The van der Waals surface area contributed by atoms with E-state index in [1.807, 2.05) is 0 Å². The van der Waals surface area contributed by atoms with Crippen molar-refractivity contribution in [2.45, 2.75) is 0 Å². The lowest BCUT2D eigenvalue weighted by Gasteiger charge is -1.91. The van der Waals surface area contributed by atoms with E-state index in [-0.39, 0.29) is 5.83 Å². The summed E-state index contributed by atoms with van der Waals surface area (Å²) in [6.07, 6.45) is 5.93. The van der Waals surface area contributed by atoms with Gasteiger partial charge in [0.15, 0.2) is 0 Å². The SMILES string of the molecule is CNC1=C=CC=C(F)C=C1. The maximum absolute atomic E-state index is 12.4. The van der Waals surface area contributed by atoms with Crippen molar-refractivity contribution in [1.29, 1.82) is 0 Å². The zero-order valence-corrected chi connectivity index (χ0v) is 5.69. The monoisotopic (exact) mass is 137 g/mol. The highest BCUT2D eigenvalue weighted by Crippen LogP contribution is 2.03. The summed E-state index contributed by atoms with van der Waals surface area (Å²) in [5.74, 6) is -0.252. The number of halogens is 1. The molecule has 0 radical (unpaired) electrons. The van der Waals surface area contributed by atoms with Crippen LogP contribution in [0, 0.1) is 0 Å². The molecule has 0 aliphatic heterocycles. The van der Waals surface area contributed by atoms with Crippen molar-refractivity contribution in [1.82, 2.24) is 5.32 Å². The van der Waals surface area contributed by atoms with Gasteiger partial charge in [-0.3, -0.25) is 0 Å². The van der Waals surface area contributed by atoms with Crippen molar-refractivity contribution in [3.05, 3.63) is 41.6 Å². The second-order valence-corrected chi connectivity index (χ2v) is 1.86. The normalized spacial score (nSPS) is 15.8. The van der Waals surface area contributed by atoms with Gasteiger partial charge in [-0.2, -0.15) is 0 Å². The second-order valence-electron chi connectivity index (χ2n) is 1.86. The van der Waals surface area contributed by atoms with E-state index < -0.39 is 0 Å². The lowest BCUT2D eigenvalue weighted by molar-refractivity contribution is 0.667. The Balaban J connectivity index is 2.87. The number of hydrogen-bond donors (Lipinski definition) is 1. The summed E-state index contributed by atoms with van der Waals surface area (Å²) >= 11 is 0. The molecular weight excluding hydrogens is 129 g/mol. The molecule has 0 unspecified atom stereocenters. The summed E-state index contributed by atoms with van der Waals surface area (Å²) in [5, 5.41) is 2.85. The summed E-state index contributed by atoms with van der Waals surface area (Å²) in [6.45, 7) is 0. The van der Waals surface area contributed by atoms with E-state index in [0.717, 1.165) is 5.70 Å². The van der Waals surface area contributed by atoms with Crippen LogP contribution < -0.4 is 5.32 Å². The minimum Gasteiger partial charge on any atom is -0.382 e. The van der Waals surface area contributed by atoms with E-state index in [1.165, 1.54) is 12.2 Å². The highest BCUT2D eigenvalue weighted by atomic mass is 19.1. The number of allylic oxidation sites excluding steroid dienone is 4. The molecule has 52 valence electrons. The average molecular weight is 137 g/mol.